The smallest absolute Gasteiger partial charge is 0.346 e. The number of nitrogens with zero attached hydrogens (tertiary/aromatic N) is 1. The van der Waals surface area contributed by atoms with E-state index in [0.29, 0.717) is 5.82 Å². The van der Waals surface area contributed by atoms with E-state index in [1.807, 2.05) is 30.3 Å². The third-order valence-electron chi connectivity index (χ3n) is 6.19. The zero-order valence-electron chi connectivity index (χ0n) is 20.6. The van der Waals surface area contributed by atoms with Crippen LogP contribution in [-0.4, -0.2) is 36.3 Å². The molecular weight excluding hydrogens is 424 g/mol. The van der Waals surface area contributed by atoms with E-state index in [-0.39, 0.29) is 18.0 Å². The number of ketones is 1. The molecular formula is C29H38N2O3. The second kappa shape index (κ2) is 13.6. The molecule has 0 aliphatic carbocycles. The van der Waals surface area contributed by atoms with Gasteiger partial charge >= 0.3 is 5.97 Å². The van der Waals surface area contributed by atoms with E-state index < -0.39 is 5.97 Å². The van der Waals surface area contributed by atoms with E-state index in [1.54, 1.807) is 0 Å². The average molecular weight is 463 g/mol. The van der Waals surface area contributed by atoms with Crippen LogP contribution in [0.25, 0.3) is 11.1 Å². The Morgan fingerprint density at radius 2 is 1.38 bits per heavy atom. The van der Waals surface area contributed by atoms with Crippen molar-refractivity contribution in [2.75, 3.05) is 25.0 Å². The van der Waals surface area contributed by atoms with E-state index >= 15 is 0 Å². The van der Waals surface area contributed by atoms with Crippen LogP contribution < -0.4 is 5.32 Å². The van der Waals surface area contributed by atoms with Gasteiger partial charge in [-0.25, -0.2) is 4.79 Å². The van der Waals surface area contributed by atoms with Crippen molar-refractivity contribution in [2.45, 2.75) is 65.2 Å². The summed E-state index contributed by atoms with van der Waals surface area (Å²) in [5.74, 6) is -0.186. The zero-order valence-corrected chi connectivity index (χ0v) is 20.6. The lowest BCUT2D eigenvalue weighted by atomic mass is 10.1. The van der Waals surface area contributed by atoms with Crippen LogP contribution in [0.4, 0.5) is 5.69 Å². The molecule has 1 aliphatic heterocycles. The van der Waals surface area contributed by atoms with Gasteiger partial charge in [-0.05, 0) is 36.1 Å². The van der Waals surface area contributed by atoms with Crippen molar-refractivity contribution in [2.24, 2.45) is 0 Å². The first-order valence-corrected chi connectivity index (χ1v) is 12.8. The molecule has 34 heavy (non-hydrogen) atoms. The molecule has 0 amide bonds. The summed E-state index contributed by atoms with van der Waals surface area (Å²) >= 11 is 0. The number of ether oxygens (including phenoxy) is 1. The number of rotatable bonds is 14. The third kappa shape index (κ3) is 7.21. The van der Waals surface area contributed by atoms with Gasteiger partial charge in [0.2, 0.25) is 5.78 Å². The lowest BCUT2D eigenvalue weighted by Crippen LogP contribution is -2.32. The Morgan fingerprint density at radius 1 is 0.794 bits per heavy atom. The molecule has 1 saturated heterocycles. The molecule has 3 rings (SSSR count). The number of cyclic esters (lactones) is 1. The molecule has 0 bridgehead atoms. The van der Waals surface area contributed by atoms with Crippen LogP contribution in [0.5, 0.6) is 0 Å². The Labute approximate surface area is 204 Å². The van der Waals surface area contributed by atoms with Crippen molar-refractivity contribution in [1.29, 1.82) is 0 Å². The Balaban J connectivity index is 1.86. The van der Waals surface area contributed by atoms with E-state index in [1.165, 1.54) is 25.7 Å². The number of hydrogen-bond donors (Lipinski definition) is 1. The molecule has 0 saturated carbocycles. The molecule has 1 aliphatic rings. The van der Waals surface area contributed by atoms with E-state index in [9.17, 15) is 9.59 Å². The topological polar surface area (TPSA) is 58.6 Å². The molecule has 0 radical (unpaired) electrons. The van der Waals surface area contributed by atoms with Crippen LogP contribution >= 0.6 is 0 Å². The maximum absolute atomic E-state index is 12.6. The molecule has 5 nitrogen and oxygen atoms in total. The molecule has 5 heteroatoms. The van der Waals surface area contributed by atoms with Gasteiger partial charge in [0.25, 0.3) is 0 Å². The SMILES string of the molecule is CCCCCCN(CCCCCC)C(Nc1ccc(-c2ccccc2)cc1)=C1C(=O)COC1=O. The van der Waals surface area contributed by atoms with Crippen molar-refractivity contribution >= 4 is 17.4 Å². The van der Waals surface area contributed by atoms with Crippen LogP contribution in [-0.2, 0) is 14.3 Å². The molecule has 0 spiro atoms. The first-order chi connectivity index (χ1) is 16.6. The Hall–Kier alpha value is -3.08. The normalized spacial score (nSPS) is 14.8. The van der Waals surface area contributed by atoms with Gasteiger partial charge in [-0.2, -0.15) is 0 Å². The molecule has 0 aromatic heterocycles. The van der Waals surface area contributed by atoms with Gasteiger partial charge < -0.3 is 15.0 Å². The number of carbonyl (C=O) groups is 2. The highest BCUT2D eigenvalue weighted by Gasteiger charge is 2.34. The van der Waals surface area contributed by atoms with Gasteiger partial charge in [0.05, 0.1) is 0 Å². The monoisotopic (exact) mass is 462 g/mol. The van der Waals surface area contributed by atoms with Gasteiger partial charge in [-0.1, -0.05) is 94.8 Å². The quantitative estimate of drug-likeness (QED) is 0.149. The fourth-order valence-electron chi connectivity index (χ4n) is 4.23. The predicted molar refractivity (Wildman–Crippen MR) is 138 cm³/mol. The molecule has 0 atom stereocenters. The minimum absolute atomic E-state index is 0.151. The first-order valence-electron chi connectivity index (χ1n) is 12.8. The lowest BCUT2D eigenvalue weighted by Gasteiger charge is -2.29. The van der Waals surface area contributed by atoms with Gasteiger partial charge in [-0.15, -0.1) is 0 Å². The minimum atomic E-state index is -0.527. The molecule has 182 valence electrons. The van der Waals surface area contributed by atoms with Gasteiger partial charge in [0, 0.05) is 18.8 Å². The average Bonchev–Trinajstić information content (AvgIpc) is 3.20. The van der Waals surface area contributed by atoms with Gasteiger partial charge in [0.15, 0.2) is 6.61 Å². The highest BCUT2D eigenvalue weighted by molar-refractivity contribution is 6.22. The number of Topliss-reactive ketones (excluding diaryl/α,β-unsaturated/α-hetero) is 1. The van der Waals surface area contributed by atoms with Crippen molar-refractivity contribution in [3.8, 4) is 11.1 Å². The molecule has 1 heterocycles. The lowest BCUT2D eigenvalue weighted by molar-refractivity contribution is -0.135. The highest BCUT2D eigenvalue weighted by atomic mass is 16.5. The van der Waals surface area contributed by atoms with Crippen LogP contribution in [0.1, 0.15) is 65.2 Å². The molecule has 2 aromatic carbocycles. The fraction of sp³-hybridized carbons (Fsp3) is 0.448. The second-order valence-electron chi connectivity index (χ2n) is 8.90. The third-order valence-corrected chi connectivity index (χ3v) is 6.19. The predicted octanol–water partition coefficient (Wildman–Crippen LogP) is 6.57. The van der Waals surface area contributed by atoms with Crippen LogP contribution in [0, 0.1) is 0 Å². The summed E-state index contributed by atoms with van der Waals surface area (Å²) in [7, 11) is 0. The second-order valence-corrected chi connectivity index (χ2v) is 8.90. The number of carbonyl (C=O) groups excluding carboxylic acids is 2. The number of nitrogens with one attached hydrogen (secondary N) is 1. The van der Waals surface area contributed by atoms with Crippen molar-refractivity contribution in [3.63, 3.8) is 0 Å². The summed E-state index contributed by atoms with van der Waals surface area (Å²) in [4.78, 5) is 27.4. The van der Waals surface area contributed by atoms with Crippen LogP contribution in [0.3, 0.4) is 0 Å². The Bertz CT molecular complexity index is 921. The van der Waals surface area contributed by atoms with Crippen LogP contribution in [0.2, 0.25) is 0 Å². The number of hydrogen-bond acceptors (Lipinski definition) is 5. The van der Waals surface area contributed by atoms with E-state index in [0.717, 1.165) is 55.6 Å². The van der Waals surface area contributed by atoms with Gasteiger partial charge in [-0.3, -0.25) is 4.79 Å². The van der Waals surface area contributed by atoms with Crippen molar-refractivity contribution < 1.29 is 14.3 Å². The Morgan fingerprint density at radius 3 is 1.91 bits per heavy atom. The number of anilines is 1. The highest BCUT2D eigenvalue weighted by Crippen LogP contribution is 2.25. The van der Waals surface area contributed by atoms with Crippen LogP contribution in [0.15, 0.2) is 66.0 Å². The summed E-state index contributed by atoms with van der Waals surface area (Å²) in [6, 6.07) is 18.3. The first kappa shape index (κ1) is 25.5. The number of unbranched alkanes of at least 4 members (excludes halogenated alkanes) is 6. The Kier molecular flexibility index (Phi) is 10.2. The molecule has 0 unspecified atom stereocenters. The van der Waals surface area contributed by atoms with E-state index in [4.69, 9.17) is 4.74 Å². The molecule has 1 N–H and O–H groups in total. The summed E-state index contributed by atoms with van der Waals surface area (Å²) < 4.78 is 5.10. The van der Waals surface area contributed by atoms with Gasteiger partial charge in [0.1, 0.15) is 11.4 Å². The zero-order chi connectivity index (χ0) is 24.2. The van der Waals surface area contributed by atoms with E-state index in [2.05, 4.69) is 48.3 Å². The summed E-state index contributed by atoms with van der Waals surface area (Å²) in [6.07, 6.45) is 9.02. The minimum Gasteiger partial charge on any atom is -0.453 e. The maximum Gasteiger partial charge on any atom is 0.346 e. The molecule has 1 fully saturated rings. The summed E-state index contributed by atoms with van der Waals surface area (Å²) in [6.45, 7) is 5.83. The summed E-state index contributed by atoms with van der Waals surface area (Å²) in [5.41, 5.74) is 3.27. The molecule has 2 aromatic rings. The van der Waals surface area contributed by atoms with Crippen molar-refractivity contribution in [3.05, 3.63) is 66.0 Å². The maximum atomic E-state index is 12.6. The fourth-order valence-corrected chi connectivity index (χ4v) is 4.23. The van der Waals surface area contributed by atoms with Crippen molar-refractivity contribution in [1.82, 2.24) is 4.90 Å². The standard InChI is InChI=1S/C29H38N2O3/c1-3-5-7-12-20-31(21-13-8-6-4-2)28(27-26(32)22-34-29(27)33)30-25-18-16-24(17-19-25)23-14-10-9-11-15-23/h9-11,14-19,30H,3-8,12-13,20-22H2,1-2H3. The number of benzene rings is 2. The summed E-state index contributed by atoms with van der Waals surface area (Å²) in [5, 5.41) is 3.43. The largest absolute Gasteiger partial charge is 0.453 e. The number of esters is 1.